The maximum absolute atomic E-state index is 12.8. The summed E-state index contributed by atoms with van der Waals surface area (Å²) in [4.78, 5) is 26.9. The molecular formula is C21H24N4OS2. The highest BCUT2D eigenvalue weighted by Crippen LogP contribution is 2.35. The molecule has 1 amide bonds. The van der Waals surface area contributed by atoms with Gasteiger partial charge in [0.15, 0.2) is 0 Å². The van der Waals surface area contributed by atoms with Crippen LogP contribution >= 0.6 is 23.1 Å². The molecule has 1 fully saturated rings. The van der Waals surface area contributed by atoms with E-state index in [0.717, 1.165) is 46.0 Å². The van der Waals surface area contributed by atoms with E-state index in [-0.39, 0.29) is 5.91 Å². The minimum absolute atomic E-state index is 0.0198. The molecule has 2 aromatic heterocycles. The van der Waals surface area contributed by atoms with E-state index in [9.17, 15) is 4.79 Å². The molecule has 0 saturated carbocycles. The van der Waals surface area contributed by atoms with Crippen molar-refractivity contribution in [2.75, 3.05) is 30.8 Å². The van der Waals surface area contributed by atoms with Gasteiger partial charge in [-0.25, -0.2) is 9.97 Å². The number of hydrogen-bond acceptors (Lipinski definition) is 6. The van der Waals surface area contributed by atoms with Crippen LogP contribution in [-0.2, 0) is 6.42 Å². The van der Waals surface area contributed by atoms with Gasteiger partial charge in [-0.15, -0.1) is 23.1 Å². The zero-order valence-corrected chi connectivity index (χ0v) is 17.8. The van der Waals surface area contributed by atoms with Crippen molar-refractivity contribution in [2.45, 2.75) is 31.1 Å². The first-order chi connectivity index (χ1) is 13.7. The molecule has 1 N–H and O–H groups in total. The van der Waals surface area contributed by atoms with Gasteiger partial charge >= 0.3 is 0 Å². The van der Waals surface area contributed by atoms with Crippen molar-refractivity contribution < 1.29 is 4.79 Å². The predicted octanol–water partition coefficient (Wildman–Crippen LogP) is 4.29. The van der Waals surface area contributed by atoms with E-state index >= 15 is 0 Å². The van der Waals surface area contributed by atoms with Crippen molar-refractivity contribution >= 4 is 45.0 Å². The number of carbonyl (C=O) groups is 1. The number of benzene rings is 1. The number of thiophene rings is 1. The number of fused-ring (bicyclic) bond motifs is 1. The quantitative estimate of drug-likeness (QED) is 0.612. The van der Waals surface area contributed by atoms with Crippen molar-refractivity contribution in [1.29, 1.82) is 0 Å². The number of rotatable bonds is 6. The van der Waals surface area contributed by atoms with Crippen LogP contribution in [-0.4, -0.2) is 41.8 Å². The van der Waals surface area contributed by atoms with E-state index in [4.69, 9.17) is 0 Å². The van der Waals surface area contributed by atoms with E-state index in [1.165, 1.54) is 34.6 Å². The van der Waals surface area contributed by atoms with Gasteiger partial charge in [0, 0.05) is 24.5 Å². The zero-order valence-electron chi connectivity index (χ0n) is 16.2. The van der Waals surface area contributed by atoms with Crippen LogP contribution in [0.3, 0.4) is 0 Å². The van der Waals surface area contributed by atoms with Crippen LogP contribution in [0.5, 0.6) is 0 Å². The summed E-state index contributed by atoms with van der Waals surface area (Å²) in [5.74, 6) is 0.956. The standard InChI is InChI=1S/C21H24N4OS2/c1-14-17-19(25-11-3-4-12-25)23-13-24-21(17)28-18(14)20(26)22-10-9-15-5-7-16(27-2)8-6-15/h5-8,13H,3-4,9-12H2,1-2H3,(H,22,26). The molecular weight excluding hydrogens is 388 g/mol. The molecule has 28 heavy (non-hydrogen) atoms. The molecule has 0 spiro atoms. The second-order valence-electron chi connectivity index (χ2n) is 6.98. The van der Waals surface area contributed by atoms with Crippen LogP contribution in [0.2, 0.25) is 0 Å². The van der Waals surface area contributed by atoms with Gasteiger partial charge in [0.05, 0.1) is 10.3 Å². The second kappa shape index (κ2) is 8.49. The highest BCUT2D eigenvalue weighted by molar-refractivity contribution is 7.98. The summed E-state index contributed by atoms with van der Waals surface area (Å²) in [5.41, 5.74) is 2.22. The highest BCUT2D eigenvalue weighted by atomic mass is 32.2. The number of nitrogens with one attached hydrogen (secondary N) is 1. The largest absolute Gasteiger partial charge is 0.356 e. The lowest BCUT2D eigenvalue weighted by molar-refractivity contribution is 0.0957. The number of thioether (sulfide) groups is 1. The fourth-order valence-electron chi connectivity index (χ4n) is 3.63. The lowest BCUT2D eigenvalue weighted by atomic mass is 10.1. The Hall–Kier alpha value is -2.12. The molecule has 1 aromatic carbocycles. The fourth-order valence-corrected chi connectivity index (χ4v) is 5.10. The van der Waals surface area contributed by atoms with Crippen molar-refractivity contribution in [1.82, 2.24) is 15.3 Å². The average Bonchev–Trinajstić information content (AvgIpc) is 3.37. The Morgan fingerprint density at radius 1 is 1.21 bits per heavy atom. The molecule has 7 heteroatoms. The fraction of sp³-hybridized carbons (Fsp3) is 0.381. The van der Waals surface area contributed by atoms with Crippen LogP contribution in [0.1, 0.15) is 33.6 Å². The Balaban J connectivity index is 1.48. The molecule has 0 bridgehead atoms. The summed E-state index contributed by atoms with van der Waals surface area (Å²) in [7, 11) is 0. The van der Waals surface area contributed by atoms with Gasteiger partial charge in [-0.05, 0) is 55.7 Å². The molecule has 1 aliphatic rings. The third-order valence-electron chi connectivity index (χ3n) is 5.18. The molecule has 3 heterocycles. The van der Waals surface area contributed by atoms with Gasteiger partial charge in [-0.2, -0.15) is 0 Å². The molecule has 0 atom stereocenters. The minimum atomic E-state index is -0.0198. The number of amides is 1. The van der Waals surface area contributed by atoms with Gasteiger partial charge in [-0.1, -0.05) is 12.1 Å². The number of anilines is 1. The van der Waals surface area contributed by atoms with E-state index in [0.29, 0.717) is 6.54 Å². The first kappa shape index (κ1) is 19.2. The number of aryl methyl sites for hydroxylation is 1. The summed E-state index contributed by atoms with van der Waals surface area (Å²) in [6, 6.07) is 8.49. The Bertz CT molecular complexity index is 978. The molecule has 3 aromatic rings. The van der Waals surface area contributed by atoms with Crippen LogP contribution < -0.4 is 10.2 Å². The van der Waals surface area contributed by atoms with Gasteiger partial charge in [0.2, 0.25) is 0 Å². The SMILES string of the molecule is CSc1ccc(CCNC(=O)c2sc3ncnc(N4CCCC4)c3c2C)cc1. The van der Waals surface area contributed by atoms with Crippen molar-refractivity contribution in [3.05, 3.63) is 46.6 Å². The summed E-state index contributed by atoms with van der Waals surface area (Å²) in [5, 5.41) is 4.11. The smallest absolute Gasteiger partial charge is 0.261 e. The Labute approximate surface area is 173 Å². The third-order valence-corrected chi connectivity index (χ3v) is 7.12. The van der Waals surface area contributed by atoms with Gasteiger partial charge in [0.25, 0.3) is 5.91 Å². The van der Waals surface area contributed by atoms with E-state index in [1.807, 2.05) is 6.92 Å². The first-order valence-electron chi connectivity index (χ1n) is 9.57. The average molecular weight is 413 g/mol. The van der Waals surface area contributed by atoms with Crippen molar-refractivity contribution in [2.24, 2.45) is 0 Å². The minimum Gasteiger partial charge on any atom is -0.356 e. The Kier molecular flexibility index (Phi) is 5.82. The highest BCUT2D eigenvalue weighted by Gasteiger charge is 2.23. The summed E-state index contributed by atoms with van der Waals surface area (Å²) >= 11 is 3.20. The molecule has 0 aliphatic carbocycles. The number of nitrogens with zero attached hydrogens (tertiary/aromatic N) is 3. The normalized spacial score (nSPS) is 14.0. The zero-order chi connectivity index (χ0) is 19.5. The Morgan fingerprint density at radius 2 is 1.96 bits per heavy atom. The van der Waals surface area contributed by atoms with Crippen LogP contribution in [0.4, 0.5) is 5.82 Å². The van der Waals surface area contributed by atoms with E-state index < -0.39 is 0 Å². The maximum atomic E-state index is 12.8. The summed E-state index contributed by atoms with van der Waals surface area (Å²) in [6.07, 6.45) is 6.90. The molecule has 0 unspecified atom stereocenters. The van der Waals surface area contributed by atoms with Crippen molar-refractivity contribution in [3.8, 4) is 0 Å². The van der Waals surface area contributed by atoms with Gasteiger partial charge in [-0.3, -0.25) is 4.79 Å². The van der Waals surface area contributed by atoms with Crippen molar-refractivity contribution in [3.63, 3.8) is 0 Å². The lowest BCUT2D eigenvalue weighted by Crippen LogP contribution is -2.25. The first-order valence-corrected chi connectivity index (χ1v) is 11.6. The third kappa shape index (κ3) is 3.86. The number of carbonyl (C=O) groups excluding carboxylic acids is 1. The van der Waals surface area contributed by atoms with Crippen LogP contribution in [0.15, 0.2) is 35.5 Å². The Morgan fingerprint density at radius 3 is 2.68 bits per heavy atom. The molecule has 5 nitrogen and oxygen atoms in total. The van der Waals surface area contributed by atoms with E-state index in [2.05, 4.69) is 50.7 Å². The second-order valence-corrected chi connectivity index (χ2v) is 8.86. The molecule has 1 aliphatic heterocycles. The topological polar surface area (TPSA) is 58.1 Å². The van der Waals surface area contributed by atoms with Gasteiger partial charge in [0.1, 0.15) is 17.0 Å². The molecule has 0 radical (unpaired) electrons. The number of hydrogen-bond donors (Lipinski definition) is 1. The maximum Gasteiger partial charge on any atom is 0.261 e. The lowest BCUT2D eigenvalue weighted by Gasteiger charge is -2.17. The van der Waals surface area contributed by atoms with Gasteiger partial charge < -0.3 is 10.2 Å². The van der Waals surface area contributed by atoms with Crippen LogP contribution in [0, 0.1) is 6.92 Å². The van der Waals surface area contributed by atoms with E-state index in [1.54, 1.807) is 18.1 Å². The predicted molar refractivity (Wildman–Crippen MR) is 118 cm³/mol. The number of aromatic nitrogens is 2. The summed E-state index contributed by atoms with van der Waals surface area (Å²) in [6.45, 7) is 4.68. The monoisotopic (exact) mass is 412 g/mol. The van der Waals surface area contributed by atoms with Crippen LogP contribution in [0.25, 0.3) is 10.2 Å². The molecule has 4 rings (SSSR count). The summed E-state index contributed by atoms with van der Waals surface area (Å²) < 4.78 is 0. The molecule has 1 saturated heterocycles. The molecule has 146 valence electrons.